The van der Waals surface area contributed by atoms with E-state index in [9.17, 15) is 13.2 Å². The Kier molecular flexibility index (Phi) is 6.13. The lowest BCUT2D eigenvalue weighted by molar-refractivity contribution is -0.136. The molecule has 0 aliphatic rings. The summed E-state index contributed by atoms with van der Waals surface area (Å²) in [4.78, 5) is 2.06. The second-order valence-electron chi connectivity index (χ2n) is 4.62. The Morgan fingerprint density at radius 3 is 2.47 bits per heavy atom. The van der Waals surface area contributed by atoms with Gasteiger partial charge in [-0.2, -0.15) is 13.2 Å². The monoisotopic (exact) mass is 338 g/mol. The van der Waals surface area contributed by atoms with E-state index >= 15 is 0 Å². The van der Waals surface area contributed by atoms with Crippen molar-refractivity contribution in [1.29, 1.82) is 0 Å². The average molecular weight is 339 g/mol. The summed E-state index contributed by atoms with van der Waals surface area (Å²) < 4.78 is 39.0. The van der Waals surface area contributed by atoms with Gasteiger partial charge in [0.2, 0.25) is 0 Å². The number of nitrogens with zero attached hydrogens (tertiary/aromatic N) is 1. The smallest absolute Gasteiger partial charge is 0.385 e. The lowest BCUT2D eigenvalue weighted by atomic mass is 10.1. The third-order valence-corrected chi connectivity index (χ3v) is 3.13. The molecule has 0 aliphatic heterocycles. The van der Waals surface area contributed by atoms with Gasteiger partial charge in [-0.3, -0.25) is 0 Å². The van der Waals surface area contributed by atoms with Crippen molar-refractivity contribution < 1.29 is 13.2 Å². The molecule has 1 aromatic carbocycles. The molecule has 1 rings (SSSR count). The van der Waals surface area contributed by atoms with Gasteiger partial charge in [-0.1, -0.05) is 15.9 Å². The van der Waals surface area contributed by atoms with E-state index in [4.69, 9.17) is 0 Å². The average Bonchev–Trinajstić information content (AvgIpc) is 2.26. The van der Waals surface area contributed by atoms with Crippen LogP contribution in [0.15, 0.2) is 22.7 Å². The summed E-state index contributed by atoms with van der Waals surface area (Å²) in [6.07, 6.45) is -2.54. The van der Waals surface area contributed by atoms with Crippen molar-refractivity contribution in [3.63, 3.8) is 0 Å². The van der Waals surface area contributed by atoms with Crippen LogP contribution in [0.2, 0.25) is 0 Å². The van der Waals surface area contributed by atoms with Crippen molar-refractivity contribution in [2.75, 3.05) is 32.5 Å². The van der Waals surface area contributed by atoms with E-state index in [1.165, 1.54) is 12.1 Å². The molecule has 0 heterocycles. The van der Waals surface area contributed by atoms with Crippen LogP contribution in [0.25, 0.3) is 0 Å². The number of halogens is 4. The minimum atomic E-state index is -4.33. The van der Waals surface area contributed by atoms with Gasteiger partial charge < -0.3 is 10.2 Å². The van der Waals surface area contributed by atoms with Crippen molar-refractivity contribution in [2.24, 2.45) is 0 Å². The fourth-order valence-electron chi connectivity index (χ4n) is 1.69. The molecule has 0 aliphatic carbocycles. The molecule has 2 nitrogen and oxygen atoms in total. The Morgan fingerprint density at radius 1 is 1.21 bits per heavy atom. The van der Waals surface area contributed by atoms with Crippen LogP contribution in [0.4, 0.5) is 18.9 Å². The number of unbranched alkanes of at least 4 members (excludes halogenated alkanes) is 1. The van der Waals surface area contributed by atoms with E-state index in [1.807, 2.05) is 14.1 Å². The van der Waals surface area contributed by atoms with Crippen molar-refractivity contribution in [2.45, 2.75) is 19.0 Å². The van der Waals surface area contributed by atoms with E-state index in [2.05, 4.69) is 26.1 Å². The Morgan fingerprint density at radius 2 is 1.89 bits per heavy atom. The van der Waals surface area contributed by atoms with Crippen LogP contribution in [0.5, 0.6) is 0 Å². The predicted molar refractivity (Wildman–Crippen MR) is 75.4 cm³/mol. The quantitative estimate of drug-likeness (QED) is 0.781. The minimum Gasteiger partial charge on any atom is -0.385 e. The van der Waals surface area contributed by atoms with Crippen LogP contribution >= 0.6 is 15.9 Å². The molecule has 0 unspecified atom stereocenters. The Labute approximate surface area is 120 Å². The highest BCUT2D eigenvalue weighted by molar-refractivity contribution is 9.10. The lowest BCUT2D eigenvalue weighted by Crippen LogP contribution is -2.15. The van der Waals surface area contributed by atoms with Gasteiger partial charge in [-0.15, -0.1) is 0 Å². The zero-order chi connectivity index (χ0) is 14.5. The first-order chi connectivity index (χ1) is 8.80. The standard InChI is InChI=1S/C13H18BrF3N2/c1-19(2)8-4-3-7-18-12-9-10(14)5-6-11(12)13(15,16)17/h5-6,9,18H,3-4,7-8H2,1-2H3. The van der Waals surface area contributed by atoms with Crippen molar-refractivity contribution in [1.82, 2.24) is 4.90 Å². The summed E-state index contributed by atoms with van der Waals surface area (Å²) in [5, 5.41) is 2.87. The fourth-order valence-corrected chi connectivity index (χ4v) is 2.05. The summed E-state index contributed by atoms with van der Waals surface area (Å²) in [7, 11) is 3.95. The fraction of sp³-hybridized carbons (Fsp3) is 0.538. The Hall–Kier alpha value is -0.750. The second-order valence-corrected chi connectivity index (χ2v) is 5.54. The normalized spacial score (nSPS) is 11.9. The van der Waals surface area contributed by atoms with Gasteiger partial charge in [0.25, 0.3) is 0 Å². The summed E-state index contributed by atoms with van der Waals surface area (Å²) in [6, 6.07) is 3.96. The third-order valence-electron chi connectivity index (χ3n) is 2.63. The van der Waals surface area contributed by atoms with Gasteiger partial charge in [0, 0.05) is 16.7 Å². The van der Waals surface area contributed by atoms with Crippen LogP contribution in [0.1, 0.15) is 18.4 Å². The highest BCUT2D eigenvalue weighted by Crippen LogP contribution is 2.36. The molecule has 0 aromatic heterocycles. The van der Waals surface area contributed by atoms with E-state index in [-0.39, 0.29) is 5.69 Å². The van der Waals surface area contributed by atoms with Crippen LogP contribution in [-0.4, -0.2) is 32.1 Å². The predicted octanol–water partition coefficient (Wildman–Crippen LogP) is 4.22. The van der Waals surface area contributed by atoms with Gasteiger partial charge >= 0.3 is 6.18 Å². The molecule has 108 valence electrons. The number of rotatable bonds is 6. The SMILES string of the molecule is CN(C)CCCCNc1cc(Br)ccc1C(F)(F)F. The first-order valence-electron chi connectivity index (χ1n) is 6.06. The summed E-state index contributed by atoms with van der Waals surface area (Å²) in [5.74, 6) is 0. The molecular formula is C13H18BrF3N2. The van der Waals surface area contributed by atoms with E-state index < -0.39 is 11.7 Å². The summed E-state index contributed by atoms with van der Waals surface area (Å²) in [6.45, 7) is 1.47. The van der Waals surface area contributed by atoms with Gasteiger partial charge in [-0.25, -0.2) is 0 Å². The van der Waals surface area contributed by atoms with E-state index in [0.29, 0.717) is 11.0 Å². The molecule has 0 bridgehead atoms. The molecule has 0 radical (unpaired) electrons. The molecule has 0 spiro atoms. The molecule has 1 aromatic rings. The lowest BCUT2D eigenvalue weighted by Gasteiger charge is -2.15. The maximum atomic E-state index is 12.8. The molecule has 0 atom stereocenters. The molecular weight excluding hydrogens is 321 g/mol. The van der Waals surface area contributed by atoms with Crippen LogP contribution in [-0.2, 0) is 6.18 Å². The molecule has 6 heteroatoms. The molecule has 0 fully saturated rings. The van der Waals surface area contributed by atoms with Gasteiger partial charge in [0.05, 0.1) is 5.56 Å². The summed E-state index contributed by atoms with van der Waals surface area (Å²) in [5.41, 5.74) is -0.491. The molecule has 0 saturated carbocycles. The van der Waals surface area contributed by atoms with Crippen LogP contribution in [0, 0.1) is 0 Å². The van der Waals surface area contributed by atoms with Crippen LogP contribution in [0.3, 0.4) is 0 Å². The Balaban J connectivity index is 2.59. The maximum absolute atomic E-state index is 12.8. The molecule has 0 saturated heterocycles. The topological polar surface area (TPSA) is 15.3 Å². The zero-order valence-corrected chi connectivity index (χ0v) is 12.6. The van der Waals surface area contributed by atoms with Crippen molar-refractivity contribution in [3.8, 4) is 0 Å². The zero-order valence-electron chi connectivity index (χ0n) is 11.0. The van der Waals surface area contributed by atoms with Gasteiger partial charge in [-0.05, 0) is 51.7 Å². The Bertz CT molecular complexity index is 405. The van der Waals surface area contributed by atoms with E-state index in [0.717, 1.165) is 25.5 Å². The van der Waals surface area contributed by atoms with Gasteiger partial charge in [0.15, 0.2) is 0 Å². The molecule has 19 heavy (non-hydrogen) atoms. The summed E-state index contributed by atoms with van der Waals surface area (Å²) >= 11 is 3.19. The van der Waals surface area contributed by atoms with Crippen LogP contribution < -0.4 is 5.32 Å². The number of alkyl halides is 3. The highest BCUT2D eigenvalue weighted by atomic mass is 79.9. The number of hydrogen-bond acceptors (Lipinski definition) is 2. The number of hydrogen-bond donors (Lipinski definition) is 1. The number of nitrogens with one attached hydrogen (secondary N) is 1. The maximum Gasteiger partial charge on any atom is 0.418 e. The van der Waals surface area contributed by atoms with Crippen molar-refractivity contribution >= 4 is 21.6 Å². The second kappa shape index (κ2) is 7.14. The van der Waals surface area contributed by atoms with E-state index in [1.54, 1.807) is 0 Å². The first-order valence-corrected chi connectivity index (χ1v) is 6.85. The van der Waals surface area contributed by atoms with Gasteiger partial charge in [0.1, 0.15) is 0 Å². The minimum absolute atomic E-state index is 0.131. The highest BCUT2D eigenvalue weighted by Gasteiger charge is 2.33. The number of benzene rings is 1. The third kappa shape index (κ3) is 5.82. The first kappa shape index (κ1) is 16.3. The van der Waals surface area contributed by atoms with Crippen molar-refractivity contribution in [3.05, 3.63) is 28.2 Å². The number of anilines is 1. The largest absolute Gasteiger partial charge is 0.418 e. The molecule has 0 amide bonds. The molecule has 1 N–H and O–H groups in total.